The van der Waals surface area contributed by atoms with E-state index in [1.807, 2.05) is 30.3 Å². The first-order valence-electron chi connectivity index (χ1n) is 7.48. The normalized spacial score (nSPS) is 12.2. The van der Waals surface area contributed by atoms with E-state index < -0.39 is 5.97 Å². The van der Waals surface area contributed by atoms with Gasteiger partial charge in [-0.3, -0.25) is 0 Å². The Bertz CT molecular complexity index is 861. The van der Waals surface area contributed by atoms with E-state index in [1.54, 1.807) is 14.0 Å². The third-order valence-electron chi connectivity index (χ3n) is 3.90. The number of aromatic nitrogens is 3. The summed E-state index contributed by atoms with van der Waals surface area (Å²) in [5.41, 5.74) is 2.53. The van der Waals surface area contributed by atoms with E-state index in [1.165, 1.54) is 17.0 Å². The highest BCUT2D eigenvalue weighted by atomic mass is 16.5. The molecule has 124 valence electrons. The highest BCUT2D eigenvalue weighted by Crippen LogP contribution is 2.26. The number of rotatable bonds is 6. The lowest BCUT2D eigenvalue weighted by Gasteiger charge is -2.19. The van der Waals surface area contributed by atoms with Gasteiger partial charge in [0.05, 0.1) is 18.2 Å². The van der Waals surface area contributed by atoms with Gasteiger partial charge in [-0.2, -0.15) is 5.10 Å². The summed E-state index contributed by atoms with van der Waals surface area (Å²) in [4.78, 5) is 15.6. The third-order valence-corrected chi connectivity index (χ3v) is 3.90. The van der Waals surface area contributed by atoms with Gasteiger partial charge in [-0.05, 0) is 18.1 Å². The van der Waals surface area contributed by atoms with Crippen molar-refractivity contribution in [1.29, 1.82) is 0 Å². The van der Waals surface area contributed by atoms with Gasteiger partial charge in [-0.15, -0.1) is 0 Å². The molecule has 0 bridgehead atoms. The van der Waals surface area contributed by atoms with Crippen LogP contribution in [0.1, 0.15) is 27.5 Å². The van der Waals surface area contributed by atoms with Crippen molar-refractivity contribution in [3.05, 3.63) is 59.5 Å². The SMILES string of the molecule is COC[C@@H](Nc1ncnn2cc(C(=O)O)c(C)c12)c1ccccc1. The van der Waals surface area contributed by atoms with Crippen LogP contribution < -0.4 is 5.32 Å². The molecular weight excluding hydrogens is 308 g/mol. The molecular formula is C17H18N4O3. The summed E-state index contributed by atoms with van der Waals surface area (Å²) in [6.45, 7) is 2.20. The molecule has 3 aromatic rings. The Morgan fingerprint density at radius 3 is 2.79 bits per heavy atom. The predicted octanol–water partition coefficient (Wildman–Crippen LogP) is 2.54. The fraction of sp³-hybridized carbons (Fsp3) is 0.235. The van der Waals surface area contributed by atoms with E-state index in [9.17, 15) is 9.90 Å². The third kappa shape index (κ3) is 2.93. The van der Waals surface area contributed by atoms with Crippen LogP contribution in [0, 0.1) is 6.92 Å². The van der Waals surface area contributed by atoms with Crippen molar-refractivity contribution in [3.8, 4) is 0 Å². The van der Waals surface area contributed by atoms with E-state index in [2.05, 4.69) is 15.4 Å². The van der Waals surface area contributed by atoms with Crippen molar-refractivity contribution in [2.24, 2.45) is 0 Å². The molecule has 0 aliphatic carbocycles. The van der Waals surface area contributed by atoms with Crippen LogP contribution in [0.5, 0.6) is 0 Å². The molecule has 2 N–H and O–H groups in total. The zero-order chi connectivity index (χ0) is 17.1. The topological polar surface area (TPSA) is 88.8 Å². The zero-order valence-corrected chi connectivity index (χ0v) is 13.4. The van der Waals surface area contributed by atoms with E-state index in [-0.39, 0.29) is 11.6 Å². The lowest BCUT2D eigenvalue weighted by Crippen LogP contribution is -2.17. The minimum atomic E-state index is -0.986. The number of carbonyl (C=O) groups is 1. The monoisotopic (exact) mass is 326 g/mol. The van der Waals surface area contributed by atoms with Gasteiger partial charge in [0.15, 0.2) is 5.82 Å². The van der Waals surface area contributed by atoms with Crippen molar-refractivity contribution in [2.45, 2.75) is 13.0 Å². The number of hydrogen-bond donors (Lipinski definition) is 2. The second-order valence-corrected chi connectivity index (χ2v) is 5.44. The molecule has 0 saturated heterocycles. The molecule has 0 spiro atoms. The number of carboxylic acids is 1. The molecule has 24 heavy (non-hydrogen) atoms. The van der Waals surface area contributed by atoms with Crippen LogP contribution in [-0.2, 0) is 4.74 Å². The number of aromatic carboxylic acids is 1. The summed E-state index contributed by atoms with van der Waals surface area (Å²) in [6, 6.07) is 9.76. The second-order valence-electron chi connectivity index (χ2n) is 5.44. The van der Waals surface area contributed by atoms with Gasteiger partial charge in [0, 0.05) is 13.3 Å². The first-order chi connectivity index (χ1) is 11.6. The fourth-order valence-corrected chi connectivity index (χ4v) is 2.72. The molecule has 0 amide bonds. The van der Waals surface area contributed by atoms with Crippen LogP contribution in [0.2, 0.25) is 0 Å². The lowest BCUT2D eigenvalue weighted by molar-refractivity contribution is 0.0696. The smallest absolute Gasteiger partial charge is 0.337 e. The van der Waals surface area contributed by atoms with E-state index >= 15 is 0 Å². The number of nitrogens with one attached hydrogen (secondary N) is 1. The summed E-state index contributed by atoms with van der Waals surface area (Å²) in [7, 11) is 1.64. The number of aryl methyl sites for hydroxylation is 1. The van der Waals surface area contributed by atoms with Gasteiger partial charge < -0.3 is 15.2 Å². The molecule has 7 nitrogen and oxygen atoms in total. The van der Waals surface area contributed by atoms with Crippen molar-refractivity contribution >= 4 is 17.3 Å². The molecule has 0 saturated carbocycles. The first-order valence-corrected chi connectivity index (χ1v) is 7.48. The van der Waals surface area contributed by atoms with E-state index in [4.69, 9.17) is 4.74 Å². The number of nitrogens with zero attached hydrogens (tertiary/aromatic N) is 3. The summed E-state index contributed by atoms with van der Waals surface area (Å²) >= 11 is 0. The van der Waals surface area contributed by atoms with E-state index in [0.29, 0.717) is 23.5 Å². The Morgan fingerprint density at radius 2 is 2.12 bits per heavy atom. The van der Waals surface area contributed by atoms with Crippen LogP contribution in [0.25, 0.3) is 5.52 Å². The van der Waals surface area contributed by atoms with Gasteiger partial charge in [-0.1, -0.05) is 30.3 Å². The molecule has 2 heterocycles. The van der Waals surface area contributed by atoms with Crippen LogP contribution >= 0.6 is 0 Å². The number of fused-ring (bicyclic) bond motifs is 1. The summed E-state index contributed by atoms with van der Waals surface area (Å²) in [6.07, 6.45) is 2.89. The minimum absolute atomic E-state index is 0.113. The van der Waals surface area contributed by atoms with Crippen LogP contribution in [0.15, 0.2) is 42.9 Å². The molecule has 0 radical (unpaired) electrons. The van der Waals surface area contributed by atoms with Crippen LogP contribution in [-0.4, -0.2) is 39.4 Å². The Balaban J connectivity index is 2.03. The highest BCUT2D eigenvalue weighted by molar-refractivity contribution is 5.93. The standard InChI is InChI=1S/C17H18N4O3/c1-11-13(17(22)23)8-21-15(11)16(18-10-19-21)20-14(9-24-2)12-6-4-3-5-7-12/h3-8,10,14H,9H2,1-2H3,(H,22,23)(H,18,19,20)/t14-/m1/s1. The van der Waals surface area contributed by atoms with Gasteiger partial charge in [0.1, 0.15) is 11.8 Å². The van der Waals surface area contributed by atoms with Crippen molar-refractivity contribution in [2.75, 3.05) is 19.0 Å². The molecule has 3 rings (SSSR count). The van der Waals surface area contributed by atoms with Gasteiger partial charge in [0.25, 0.3) is 0 Å². The first kappa shape index (κ1) is 15.9. The summed E-state index contributed by atoms with van der Waals surface area (Å²) < 4.78 is 6.84. The Labute approximate surface area is 138 Å². The van der Waals surface area contributed by atoms with Crippen molar-refractivity contribution in [3.63, 3.8) is 0 Å². The van der Waals surface area contributed by atoms with E-state index in [0.717, 1.165) is 5.56 Å². The molecule has 1 aromatic carbocycles. The Kier molecular flexibility index (Phi) is 4.43. The number of ether oxygens (including phenoxy) is 1. The summed E-state index contributed by atoms with van der Waals surface area (Å²) in [5.74, 6) is -0.415. The quantitative estimate of drug-likeness (QED) is 0.723. The maximum Gasteiger partial charge on any atom is 0.337 e. The van der Waals surface area contributed by atoms with Crippen LogP contribution in [0.3, 0.4) is 0 Å². The number of hydrogen-bond acceptors (Lipinski definition) is 5. The molecule has 2 aromatic heterocycles. The number of benzene rings is 1. The lowest BCUT2D eigenvalue weighted by atomic mass is 10.1. The van der Waals surface area contributed by atoms with Crippen molar-refractivity contribution in [1.82, 2.24) is 14.6 Å². The Morgan fingerprint density at radius 1 is 1.38 bits per heavy atom. The average Bonchev–Trinajstić information content (AvgIpc) is 2.93. The summed E-state index contributed by atoms with van der Waals surface area (Å²) in [5, 5.41) is 16.7. The van der Waals surface area contributed by atoms with Gasteiger partial charge in [0.2, 0.25) is 0 Å². The van der Waals surface area contributed by atoms with Gasteiger partial charge >= 0.3 is 5.97 Å². The highest BCUT2D eigenvalue weighted by Gasteiger charge is 2.19. The average molecular weight is 326 g/mol. The fourth-order valence-electron chi connectivity index (χ4n) is 2.72. The Hall–Kier alpha value is -2.93. The van der Waals surface area contributed by atoms with Crippen molar-refractivity contribution < 1.29 is 14.6 Å². The number of anilines is 1. The molecule has 0 aliphatic heterocycles. The second kappa shape index (κ2) is 6.67. The maximum atomic E-state index is 11.3. The molecule has 0 fully saturated rings. The largest absolute Gasteiger partial charge is 0.478 e. The van der Waals surface area contributed by atoms with Crippen LogP contribution in [0.4, 0.5) is 5.82 Å². The maximum absolute atomic E-state index is 11.3. The molecule has 7 heteroatoms. The predicted molar refractivity (Wildman–Crippen MR) is 89.4 cm³/mol. The number of carboxylic acid groups (broad SMARTS) is 1. The molecule has 1 atom stereocenters. The zero-order valence-electron chi connectivity index (χ0n) is 13.4. The molecule has 0 unspecified atom stereocenters. The number of methoxy groups -OCH3 is 1. The minimum Gasteiger partial charge on any atom is -0.478 e. The van der Waals surface area contributed by atoms with Gasteiger partial charge in [-0.25, -0.2) is 14.3 Å². The molecule has 0 aliphatic rings.